The lowest BCUT2D eigenvalue weighted by Gasteiger charge is -2.45. The van der Waals surface area contributed by atoms with Crippen molar-refractivity contribution in [2.24, 2.45) is 17.8 Å². The SMILES string of the molecule is CC1CCC2CCCC3C2[C@H](OC(=O)[C@@H]3I)O1. The summed E-state index contributed by atoms with van der Waals surface area (Å²) in [6, 6.07) is 0. The molecule has 2 saturated heterocycles. The first-order valence-electron chi connectivity index (χ1n) is 6.67. The van der Waals surface area contributed by atoms with E-state index in [0.717, 1.165) is 12.8 Å². The van der Waals surface area contributed by atoms with E-state index in [2.05, 4.69) is 29.5 Å². The zero-order valence-electron chi connectivity index (χ0n) is 10.1. The third-order valence-corrected chi connectivity index (χ3v) is 6.04. The van der Waals surface area contributed by atoms with Gasteiger partial charge in [0.1, 0.15) is 3.92 Å². The number of rotatable bonds is 0. The van der Waals surface area contributed by atoms with E-state index in [1.54, 1.807) is 0 Å². The number of esters is 1. The Morgan fingerprint density at radius 1 is 1.24 bits per heavy atom. The lowest BCUT2D eigenvalue weighted by Crippen LogP contribution is -2.51. The first-order chi connectivity index (χ1) is 8.16. The predicted molar refractivity (Wildman–Crippen MR) is 71.8 cm³/mol. The van der Waals surface area contributed by atoms with Crippen LogP contribution in [0.15, 0.2) is 0 Å². The average molecular weight is 350 g/mol. The standard InChI is InChI=1S/C13H19IO3/c1-7-5-6-8-3-2-4-9-10(8)13(16-7)17-12(15)11(9)14/h7-11,13H,2-6H2,1H3/t7?,8?,9?,10?,11-,13+/m1/s1. The highest BCUT2D eigenvalue weighted by Gasteiger charge is 2.51. The number of carbonyl (C=O) groups excluding carboxylic acids is 1. The highest BCUT2D eigenvalue weighted by Crippen LogP contribution is 2.48. The van der Waals surface area contributed by atoms with E-state index < -0.39 is 0 Å². The van der Waals surface area contributed by atoms with Crippen LogP contribution in [0, 0.1) is 17.8 Å². The normalized spacial score (nSPS) is 50.1. The Kier molecular flexibility index (Phi) is 3.36. The minimum atomic E-state index is -0.263. The van der Waals surface area contributed by atoms with Gasteiger partial charge in [-0.15, -0.1) is 0 Å². The van der Waals surface area contributed by atoms with Crippen LogP contribution in [0.4, 0.5) is 0 Å². The largest absolute Gasteiger partial charge is 0.435 e. The number of carbonyl (C=O) groups is 1. The van der Waals surface area contributed by atoms with Crippen molar-refractivity contribution in [3.8, 4) is 0 Å². The summed E-state index contributed by atoms with van der Waals surface area (Å²) in [5, 5.41) is 0. The number of halogens is 1. The smallest absolute Gasteiger partial charge is 0.321 e. The van der Waals surface area contributed by atoms with Gasteiger partial charge in [0, 0.05) is 5.92 Å². The maximum Gasteiger partial charge on any atom is 0.321 e. The zero-order chi connectivity index (χ0) is 12.0. The molecule has 3 rings (SSSR count). The molecule has 0 aromatic rings. The summed E-state index contributed by atoms with van der Waals surface area (Å²) in [7, 11) is 0. The molecule has 3 aliphatic rings. The first kappa shape index (κ1) is 12.2. The van der Waals surface area contributed by atoms with Crippen molar-refractivity contribution in [2.45, 2.75) is 55.3 Å². The van der Waals surface area contributed by atoms with Crippen LogP contribution in [-0.2, 0) is 14.3 Å². The molecule has 17 heavy (non-hydrogen) atoms. The monoisotopic (exact) mass is 350 g/mol. The van der Waals surface area contributed by atoms with E-state index in [-0.39, 0.29) is 22.3 Å². The van der Waals surface area contributed by atoms with Gasteiger partial charge in [-0.3, -0.25) is 4.79 Å². The topological polar surface area (TPSA) is 35.5 Å². The molecule has 6 atom stereocenters. The molecule has 1 saturated carbocycles. The number of hydrogen-bond donors (Lipinski definition) is 0. The molecule has 0 bridgehead atoms. The van der Waals surface area contributed by atoms with Gasteiger partial charge >= 0.3 is 5.97 Å². The Morgan fingerprint density at radius 3 is 2.88 bits per heavy atom. The van der Waals surface area contributed by atoms with E-state index in [4.69, 9.17) is 9.47 Å². The summed E-state index contributed by atoms with van der Waals surface area (Å²) in [4.78, 5) is 11.9. The quantitative estimate of drug-likeness (QED) is 0.383. The summed E-state index contributed by atoms with van der Waals surface area (Å²) < 4.78 is 11.5. The van der Waals surface area contributed by atoms with E-state index >= 15 is 0 Å². The van der Waals surface area contributed by atoms with Gasteiger partial charge < -0.3 is 9.47 Å². The van der Waals surface area contributed by atoms with Crippen molar-refractivity contribution in [3.05, 3.63) is 0 Å². The molecule has 2 aliphatic heterocycles. The van der Waals surface area contributed by atoms with Gasteiger partial charge in [-0.1, -0.05) is 29.0 Å². The lowest BCUT2D eigenvalue weighted by atomic mass is 9.68. The molecule has 4 heteroatoms. The first-order valence-corrected chi connectivity index (χ1v) is 7.91. The van der Waals surface area contributed by atoms with Crippen LogP contribution in [0.2, 0.25) is 0 Å². The Bertz CT molecular complexity index is 320. The van der Waals surface area contributed by atoms with Crippen LogP contribution < -0.4 is 0 Å². The van der Waals surface area contributed by atoms with E-state index in [0.29, 0.717) is 17.8 Å². The molecule has 0 amide bonds. The molecule has 3 nitrogen and oxygen atoms in total. The Balaban J connectivity index is 1.90. The molecule has 0 aromatic carbocycles. The minimum absolute atomic E-state index is 0.0358. The van der Waals surface area contributed by atoms with Crippen molar-refractivity contribution >= 4 is 28.6 Å². The summed E-state index contributed by atoms with van der Waals surface area (Å²) >= 11 is 2.27. The van der Waals surface area contributed by atoms with Gasteiger partial charge in [-0.05, 0) is 44.4 Å². The Morgan fingerprint density at radius 2 is 2.06 bits per heavy atom. The fourth-order valence-corrected chi connectivity index (χ4v) is 4.74. The Labute approximate surface area is 116 Å². The van der Waals surface area contributed by atoms with Gasteiger partial charge in [0.25, 0.3) is 0 Å². The van der Waals surface area contributed by atoms with Gasteiger partial charge in [-0.25, -0.2) is 0 Å². The highest BCUT2D eigenvalue weighted by atomic mass is 127. The van der Waals surface area contributed by atoms with Gasteiger partial charge in [0.15, 0.2) is 0 Å². The minimum Gasteiger partial charge on any atom is -0.435 e. The van der Waals surface area contributed by atoms with E-state index in [1.165, 1.54) is 19.3 Å². The summed E-state index contributed by atoms with van der Waals surface area (Å²) in [6.07, 6.45) is 6.02. The second-order valence-corrected chi connectivity index (χ2v) is 7.01. The van der Waals surface area contributed by atoms with Crippen molar-refractivity contribution in [3.63, 3.8) is 0 Å². The van der Waals surface area contributed by atoms with Gasteiger partial charge in [-0.2, -0.15) is 0 Å². The molecule has 2 heterocycles. The summed E-state index contributed by atoms with van der Waals surface area (Å²) in [6.45, 7) is 2.09. The number of ether oxygens (including phenoxy) is 2. The Hall–Kier alpha value is 0.160. The van der Waals surface area contributed by atoms with E-state index in [9.17, 15) is 4.79 Å². The lowest BCUT2D eigenvalue weighted by molar-refractivity contribution is -0.225. The number of alkyl halides is 1. The van der Waals surface area contributed by atoms with Crippen molar-refractivity contribution < 1.29 is 14.3 Å². The van der Waals surface area contributed by atoms with Crippen molar-refractivity contribution in [1.82, 2.24) is 0 Å². The maximum absolute atomic E-state index is 11.9. The van der Waals surface area contributed by atoms with Crippen molar-refractivity contribution in [1.29, 1.82) is 0 Å². The molecule has 96 valence electrons. The van der Waals surface area contributed by atoms with Crippen LogP contribution in [0.3, 0.4) is 0 Å². The van der Waals surface area contributed by atoms with E-state index in [1.807, 2.05) is 0 Å². The number of hydrogen-bond acceptors (Lipinski definition) is 3. The maximum atomic E-state index is 11.9. The van der Waals surface area contributed by atoms with Crippen LogP contribution in [0.1, 0.15) is 39.0 Å². The second kappa shape index (κ2) is 4.68. The fourth-order valence-electron chi connectivity index (χ4n) is 3.75. The molecule has 1 aliphatic carbocycles. The molecule has 0 radical (unpaired) electrons. The average Bonchev–Trinajstić information content (AvgIpc) is 2.47. The molecule has 4 unspecified atom stereocenters. The fraction of sp³-hybridized carbons (Fsp3) is 0.923. The van der Waals surface area contributed by atoms with Crippen LogP contribution in [0.25, 0.3) is 0 Å². The molecular weight excluding hydrogens is 331 g/mol. The highest BCUT2D eigenvalue weighted by molar-refractivity contribution is 14.1. The zero-order valence-corrected chi connectivity index (χ0v) is 12.3. The molecule has 3 fully saturated rings. The summed E-state index contributed by atoms with van der Waals surface area (Å²) in [5.74, 6) is 1.57. The molecule has 0 aromatic heterocycles. The van der Waals surface area contributed by atoms with Gasteiger partial charge in [0.2, 0.25) is 6.29 Å². The van der Waals surface area contributed by atoms with Crippen LogP contribution in [0.5, 0.6) is 0 Å². The molecular formula is C13H19IO3. The second-order valence-electron chi connectivity index (χ2n) is 5.66. The predicted octanol–water partition coefficient (Wildman–Crippen LogP) is 2.90. The third kappa shape index (κ3) is 2.11. The third-order valence-electron chi connectivity index (χ3n) is 4.61. The molecule has 0 N–H and O–H groups in total. The van der Waals surface area contributed by atoms with Crippen LogP contribution >= 0.6 is 22.6 Å². The van der Waals surface area contributed by atoms with Gasteiger partial charge in [0.05, 0.1) is 6.10 Å². The van der Waals surface area contributed by atoms with Crippen LogP contribution in [-0.4, -0.2) is 22.3 Å². The summed E-state index contributed by atoms with van der Waals surface area (Å²) in [5.41, 5.74) is 0. The van der Waals surface area contributed by atoms with Crippen molar-refractivity contribution in [2.75, 3.05) is 0 Å². The molecule has 0 spiro atoms.